The Kier molecular flexibility index (Phi) is 10.0. The van der Waals surface area contributed by atoms with Crippen molar-refractivity contribution in [2.75, 3.05) is 68.8 Å². The second-order valence-corrected chi connectivity index (χ2v) is 8.58. The molecule has 7 atom stereocenters. The largest absolute Gasteiger partial charge is 0.376 e. The van der Waals surface area contributed by atoms with Crippen LogP contribution < -0.4 is 0 Å². The van der Waals surface area contributed by atoms with Gasteiger partial charge in [0.1, 0.15) is 25.8 Å². The Hall–Kier alpha value is -1.18. The number of piperidine rings is 1. The number of hydrogen-bond acceptors (Lipinski definition) is 10. The van der Waals surface area contributed by atoms with E-state index in [-0.39, 0.29) is 38.1 Å². The van der Waals surface area contributed by atoms with Gasteiger partial charge in [0.05, 0.1) is 31.3 Å². The third kappa shape index (κ3) is 5.73. The van der Waals surface area contributed by atoms with E-state index >= 15 is 0 Å². The molecule has 0 spiro atoms. The van der Waals surface area contributed by atoms with Crippen LogP contribution in [0.2, 0.25) is 0 Å². The van der Waals surface area contributed by atoms with Crippen LogP contribution in [0.15, 0.2) is 0 Å². The fraction of sp³-hybridized carbons (Fsp3) is 0.909. The van der Waals surface area contributed by atoms with Crippen LogP contribution in [0.25, 0.3) is 0 Å². The number of ketones is 1. The minimum Gasteiger partial charge on any atom is -0.376 e. The zero-order valence-corrected chi connectivity index (χ0v) is 20.1. The molecule has 2 saturated heterocycles. The van der Waals surface area contributed by atoms with Gasteiger partial charge in [0.25, 0.3) is 0 Å². The Balaban J connectivity index is 1.87. The van der Waals surface area contributed by atoms with Crippen molar-refractivity contribution in [2.45, 2.75) is 43.5 Å². The molecule has 3 unspecified atom stereocenters. The lowest BCUT2D eigenvalue weighted by molar-refractivity contribution is -0.166. The summed E-state index contributed by atoms with van der Waals surface area (Å²) in [4.78, 5) is 28.2. The molecular weight excluding hydrogens is 438 g/mol. The Labute approximate surface area is 194 Å². The van der Waals surface area contributed by atoms with Crippen molar-refractivity contribution in [1.29, 1.82) is 0 Å². The van der Waals surface area contributed by atoms with E-state index in [9.17, 15) is 9.59 Å². The van der Waals surface area contributed by atoms with Gasteiger partial charge in [-0.05, 0) is 12.8 Å². The van der Waals surface area contributed by atoms with Gasteiger partial charge >= 0.3 is 0 Å². The molecule has 2 aliphatic heterocycles. The maximum atomic E-state index is 13.7. The molecule has 0 aromatic rings. The van der Waals surface area contributed by atoms with E-state index in [0.717, 1.165) is 0 Å². The predicted octanol–water partition coefficient (Wildman–Crippen LogP) is 0.0510. The number of nitrogens with zero attached hydrogens (tertiary/aromatic N) is 1. The molecule has 11 nitrogen and oxygen atoms in total. The zero-order valence-electron chi connectivity index (χ0n) is 20.1. The summed E-state index contributed by atoms with van der Waals surface area (Å²) in [6, 6.07) is 0. The zero-order chi connectivity index (χ0) is 24.0. The first kappa shape index (κ1) is 26.4. The van der Waals surface area contributed by atoms with E-state index in [2.05, 4.69) is 0 Å². The van der Waals surface area contributed by atoms with Gasteiger partial charge in [-0.15, -0.1) is 0 Å². The van der Waals surface area contributed by atoms with Crippen LogP contribution in [0.3, 0.4) is 0 Å². The average Bonchev–Trinajstić information content (AvgIpc) is 3.43. The Morgan fingerprint density at radius 3 is 1.88 bits per heavy atom. The molecule has 33 heavy (non-hydrogen) atoms. The smallest absolute Gasteiger partial charge is 0.232 e. The number of ether oxygens (including phenoxy) is 8. The van der Waals surface area contributed by atoms with Gasteiger partial charge in [-0.25, -0.2) is 0 Å². The van der Waals surface area contributed by atoms with Crippen LogP contribution in [0.1, 0.15) is 12.8 Å². The summed E-state index contributed by atoms with van der Waals surface area (Å²) in [6.07, 6.45) is -1.63. The molecule has 0 radical (unpaired) electrons. The minimum absolute atomic E-state index is 0.0178. The third-order valence-corrected chi connectivity index (χ3v) is 6.73. The van der Waals surface area contributed by atoms with Crippen molar-refractivity contribution in [1.82, 2.24) is 4.90 Å². The van der Waals surface area contributed by atoms with Gasteiger partial charge in [-0.1, -0.05) is 0 Å². The molecule has 3 aliphatic rings. The number of rotatable bonds is 12. The predicted molar refractivity (Wildman–Crippen MR) is 113 cm³/mol. The topological polar surface area (TPSA) is 111 Å². The molecule has 2 heterocycles. The second-order valence-electron chi connectivity index (χ2n) is 8.58. The number of carbonyl (C=O) groups is 2. The molecule has 0 bridgehead atoms. The number of methoxy groups -OCH3 is 4. The van der Waals surface area contributed by atoms with Gasteiger partial charge in [0, 0.05) is 53.9 Å². The van der Waals surface area contributed by atoms with Crippen LogP contribution in [0.4, 0.5) is 0 Å². The second kappa shape index (κ2) is 12.5. The molecule has 11 heteroatoms. The number of likely N-dealkylation sites (tertiary alicyclic amines) is 1. The lowest BCUT2D eigenvalue weighted by atomic mass is 9.75. The van der Waals surface area contributed by atoms with Gasteiger partial charge in [-0.2, -0.15) is 0 Å². The third-order valence-electron chi connectivity index (χ3n) is 6.73. The first-order valence-electron chi connectivity index (χ1n) is 11.3. The Morgan fingerprint density at radius 1 is 0.848 bits per heavy atom. The molecule has 0 aromatic carbocycles. The van der Waals surface area contributed by atoms with Crippen molar-refractivity contribution in [2.24, 2.45) is 17.8 Å². The molecule has 1 amide bonds. The van der Waals surface area contributed by atoms with Crippen LogP contribution in [-0.2, 0) is 47.5 Å². The molecule has 190 valence electrons. The van der Waals surface area contributed by atoms with Gasteiger partial charge < -0.3 is 42.8 Å². The number of carbonyl (C=O) groups excluding carboxylic acids is 2. The van der Waals surface area contributed by atoms with E-state index in [4.69, 9.17) is 37.9 Å². The number of hydrogen-bond donors (Lipinski definition) is 0. The molecule has 0 N–H and O–H groups in total. The first-order valence-corrected chi connectivity index (χ1v) is 11.3. The summed E-state index contributed by atoms with van der Waals surface area (Å²) in [5, 5.41) is 0. The summed E-state index contributed by atoms with van der Waals surface area (Å²) in [5.41, 5.74) is 0. The molecule has 0 aromatic heterocycles. The van der Waals surface area contributed by atoms with Crippen molar-refractivity contribution >= 4 is 11.7 Å². The van der Waals surface area contributed by atoms with Gasteiger partial charge in [-0.3, -0.25) is 9.59 Å². The highest BCUT2D eigenvalue weighted by Gasteiger charge is 2.59. The minimum atomic E-state index is -0.782. The summed E-state index contributed by atoms with van der Waals surface area (Å²) >= 11 is 0. The Bertz CT molecular complexity index is 621. The SMILES string of the molecule is COCO[C@@H]1C(C2CN(C)C(=O)C(CCC3OCCO3)C2=O)[C@H](OCOC)[C@H](OC)[C@@H]1OC. The standard InChI is InChI=1S/C22H37NO10/c1-23-10-14(17(24)13(22(23)25)6-7-15-30-8-9-31-15)16-18(32-11-26-2)20(28-4)21(29-5)19(16)33-12-27-3/h13-16,18-21H,6-12H2,1-5H3/t13?,14?,16?,18-,19+,20-,21+. The van der Waals surface area contributed by atoms with Crippen LogP contribution in [0.5, 0.6) is 0 Å². The normalized spacial score (nSPS) is 35.7. The highest BCUT2D eigenvalue weighted by molar-refractivity contribution is 6.04. The van der Waals surface area contributed by atoms with Crippen molar-refractivity contribution in [3.05, 3.63) is 0 Å². The average molecular weight is 476 g/mol. The molecule has 3 rings (SSSR count). The quantitative estimate of drug-likeness (QED) is 0.284. The van der Waals surface area contributed by atoms with Gasteiger partial charge in [0.2, 0.25) is 5.91 Å². The van der Waals surface area contributed by atoms with Crippen molar-refractivity contribution in [3.63, 3.8) is 0 Å². The summed E-state index contributed by atoms with van der Waals surface area (Å²) in [6.45, 7) is 1.33. The van der Waals surface area contributed by atoms with E-state index in [1.54, 1.807) is 26.2 Å². The maximum absolute atomic E-state index is 13.7. The highest BCUT2D eigenvalue weighted by atomic mass is 16.7. The van der Waals surface area contributed by atoms with Crippen LogP contribution in [0, 0.1) is 17.8 Å². The van der Waals surface area contributed by atoms with Crippen molar-refractivity contribution < 1.29 is 47.5 Å². The molecule has 1 saturated carbocycles. The highest BCUT2D eigenvalue weighted by Crippen LogP contribution is 2.43. The first-order chi connectivity index (χ1) is 16.0. The maximum Gasteiger partial charge on any atom is 0.232 e. The van der Waals surface area contributed by atoms with E-state index in [1.165, 1.54) is 14.2 Å². The van der Waals surface area contributed by atoms with Crippen molar-refractivity contribution in [3.8, 4) is 0 Å². The van der Waals surface area contributed by atoms with E-state index in [1.807, 2.05) is 0 Å². The van der Waals surface area contributed by atoms with Crippen LogP contribution >= 0.6 is 0 Å². The lowest BCUT2D eigenvalue weighted by Gasteiger charge is -2.40. The fourth-order valence-electron chi connectivity index (χ4n) is 5.27. The Morgan fingerprint density at radius 2 is 1.39 bits per heavy atom. The fourth-order valence-corrected chi connectivity index (χ4v) is 5.27. The van der Waals surface area contributed by atoms with Crippen LogP contribution in [-0.4, -0.2) is 116 Å². The summed E-state index contributed by atoms with van der Waals surface area (Å²) < 4.78 is 44.7. The molecular formula is C22H37NO10. The number of Topliss-reactive ketones (excluding diaryl/α,β-unsaturated/α-hetero) is 1. The molecule has 3 fully saturated rings. The lowest BCUT2D eigenvalue weighted by Crippen LogP contribution is -2.55. The monoisotopic (exact) mass is 475 g/mol. The van der Waals surface area contributed by atoms with E-state index in [0.29, 0.717) is 26.1 Å². The van der Waals surface area contributed by atoms with E-state index < -0.39 is 42.2 Å². The molecule has 1 aliphatic carbocycles. The number of amides is 1. The van der Waals surface area contributed by atoms with Gasteiger partial charge in [0.15, 0.2) is 12.1 Å². The summed E-state index contributed by atoms with van der Waals surface area (Å²) in [5.74, 6) is -2.08. The summed E-state index contributed by atoms with van der Waals surface area (Å²) in [7, 11) is 7.90.